The second-order valence-corrected chi connectivity index (χ2v) is 7.66. The molecule has 3 aromatic rings. The zero-order chi connectivity index (χ0) is 21.0. The van der Waals surface area contributed by atoms with E-state index in [0.717, 1.165) is 10.8 Å². The highest BCUT2D eigenvalue weighted by Gasteiger charge is 2.60. The molecule has 0 radical (unpaired) electrons. The summed E-state index contributed by atoms with van der Waals surface area (Å²) in [5, 5.41) is 14.1. The van der Waals surface area contributed by atoms with Crippen LogP contribution in [-0.4, -0.2) is 37.7 Å². The fourth-order valence-electron chi connectivity index (χ4n) is 4.74. The minimum atomic E-state index is -1.74. The van der Waals surface area contributed by atoms with E-state index in [1.165, 1.54) is 14.2 Å². The minimum absolute atomic E-state index is 0.0496. The van der Waals surface area contributed by atoms with Crippen LogP contribution in [0.15, 0.2) is 54.6 Å². The molecule has 6 heteroatoms. The number of carbonyl (C=O) groups is 2. The first kappa shape index (κ1) is 18.6. The number of ether oxygens (including phenoxy) is 3. The molecule has 5 rings (SSSR count). The Morgan fingerprint density at radius 3 is 2.40 bits per heavy atom. The molecule has 1 heterocycles. The molecule has 1 N–H and O–H groups in total. The third-order valence-electron chi connectivity index (χ3n) is 6.24. The summed E-state index contributed by atoms with van der Waals surface area (Å²) in [6.45, 7) is -0.0496. The number of benzene rings is 3. The van der Waals surface area contributed by atoms with Crippen LogP contribution in [0.3, 0.4) is 0 Å². The molecule has 3 atom stereocenters. The zero-order valence-corrected chi connectivity index (χ0v) is 16.5. The minimum Gasteiger partial charge on any atom is -0.493 e. The van der Waals surface area contributed by atoms with Gasteiger partial charge in [0.05, 0.1) is 20.1 Å². The van der Waals surface area contributed by atoms with Gasteiger partial charge in [-0.25, -0.2) is 0 Å². The molecule has 0 unspecified atom stereocenters. The highest BCUT2D eigenvalue weighted by atomic mass is 16.5. The first-order chi connectivity index (χ1) is 14.5. The van der Waals surface area contributed by atoms with Gasteiger partial charge in [-0.05, 0) is 34.5 Å². The maximum Gasteiger partial charge on any atom is 0.313 e. The Labute approximate surface area is 173 Å². The number of ketones is 1. The van der Waals surface area contributed by atoms with Crippen LogP contribution in [0.1, 0.15) is 21.5 Å². The Morgan fingerprint density at radius 2 is 1.67 bits per heavy atom. The Bertz CT molecular complexity index is 1200. The lowest BCUT2D eigenvalue weighted by Gasteiger charge is -2.40. The molecule has 0 bridgehead atoms. The fourth-order valence-corrected chi connectivity index (χ4v) is 4.74. The van der Waals surface area contributed by atoms with E-state index in [4.69, 9.17) is 14.2 Å². The predicted octanol–water partition coefficient (Wildman–Crippen LogP) is 3.08. The molecule has 2 aliphatic rings. The van der Waals surface area contributed by atoms with Crippen molar-refractivity contribution in [3.8, 4) is 11.5 Å². The number of hydrogen-bond donors (Lipinski definition) is 1. The average molecular weight is 404 g/mol. The van der Waals surface area contributed by atoms with Gasteiger partial charge in [-0.1, -0.05) is 36.4 Å². The summed E-state index contributed by atoms with van der Waals surface area (Å²) in [4.78, 5) is 25.9. The smallest absolute Gasteiger partial charge is 0.313 e. The summed E-state index contributed by atoms with van der Waals surface area (Å²) < 4.78 is 16.0. The lowest BCUT2D eigenvalue weighted by molar-refractivity contribution is -0.147. The van der Waals surface area contributed by atoms with Crippen molar-refractivity contribution >= 4 is 22.5 Å². The van der Waals surface area contributed by atoms with Gasteiger partial charge in [0.25, 0.3) is 0 Å². The second kappa shape index (κ2) is 6.57. The number of hydrogen-bond acceptors (Lipinski definition) is 6. The monoisotopic (exact) mass is 404 g/mol. The molecule has 152 valence electrons. The van der Waals surface area contributed by atoms with Crippen LogP contribution < -0.4 is 9.47 Å². The van der Waals surface area contributed by atoms with E-state index in [1.807, 2.05) is 36.4 Å². The van der Waals surface area contributed by atoms with Crippen LogP contribution in [0.4, 0.5) is 0 Å². The van der Waals surface area contributed by atoms with Crippen molar-refractivity contribution in [2.75, 3.05) is 20.8 Å². The molecule has 6 nitrogen and oxygen atoms in total. The molecule has 1 saturated heterocycles. The van der Waals surface area contributed by atoms with Crippen molar-refractivity contribution in [1.82, 2.24) is 0 Å². The van der Waals surface area contributed by atoms with Gasteiger partial charge in [-0.2, -0.15) is 0 Å². The number of methoxy groups -OCH3 is 2. The summed E-state index contributed by atoms with van der Waals surface area (Å²) in [7, 11) is 2.97. The topological polar surface area (TPSA) is 82.1 Å². The highest BCUT2D eigenvalue weighted by molar-refractivity contribution is 6.06. The predicted molar refractivity (Wildman–Crippen MR) is 109 cm³/mol. The number of aliphatic hydroxyl groups is 1. The van der Waals surface area contributed by atoms with Gasteiger partial charge in [0.1, 0.15) is 18.1 Å². The van der Waals surface area contributed by atoms with Crippen LogP contribution >= 0.6 is 0 Å². The first-order valence-corrected chi connectivity index (χ1v) is 9.68. The summed E-state index contributed by atoms with van der Waals surface area (Å²) in [5.74, 6) is -1.87. The summed E-state index contributed by atoms with van der Waals surface area (Å²) in [6, 6.07) is 16.5. The van der Waals surface area contributed by atoms with Crippen molar-refractivity contribution in [2.24, 2.45) is 11.8 Å². The van der Waals surface area contributed by atoms with Crippen LogP contribution in [0, 0.1) is 11.8 Å². The van der Waals surface area contributed by atoms with E-state index in [2.05, 4.69) is 0 Å². The standard InChI is InChI=1S/C24H20O6/c1-28-19-10-16-18(11-20(19)29-2)24(27,21-17(22(16)25)12-30-23(21)26)15-8-7-13-5-3-4-6-14(13)9-15/h3-11,17,21,27H,12H2,1-2H3/t17-,21-,24+/m1/s1. The van der Waals surface area contributed by atoms with Gasteiger partial charge in [0, 0.05) is 11.1 Å². The zero-order valence-electron chi connectivity index (χ0n) is 16.5. The van der Waals surface area contributed by atoms with Gasteiger partial charge in [-0.3, -0.25) is 9.59 Å². The summed E-state index contributed by atoms with van der Waals surface area (Å²) in [5.41, 5.74) is -0.593. The van der Waals surface area contributed by atoms with Crippen molar-refractivity contribution < 1.29 is 28.9 Å². The third kappa shape index (κ3) is 2.40. The number of cyclic esters (lactones) is 1. The molecule has 0 aromatic heterocycles. The number of carbonyl (C=O) groups excluding carboxylic acids is 2. The summed E-state index contributed by atoms with van der Waals surface area (Å²) in [6.07, 6.45) is 0. The molecular weight excluding hydrogens is 384 g/mol. The van der Waals surface area contributed by atoms with E-state index in [9.17, 15) is 14.7 Å². The maximum absolute atomic E-state index is 13.2. The van der Waals surface area contributed by atoms with Crippen LogP contribution in [0.5, 0.6) is 11.5 Å². The Kier molecular flexibility index (Phi) is 4.08. The first-order valence-electron chi connectivity index (χ1n) is 9.68. The average Bonchev–Trinajstić information content (AvgIpc) is 3.18. The van der Waals surface area contributed by atoms with Gasteiger partial charge >= 0.3 is 5.97 Å². The quantitative estimate of drug-likeness (QED) is 0.676. The van der Waals surface area contributed by atoms with E-state index in [1.54, 1.807) is 18.2 Å². The lowest BCUT2D eigenvalue weighted by atomic mass is 9.63. The molecule has 1 aliphatic heterocycles. The highest BCUT2D eigenvalue weighted by Crippen LogP contribution is 2.52. The molecule has 30 heavy (non-hydrogen) atoms. The van der Waals surface area contributed by atoms with Gasteiger partial charge in [0.15, 0.2) is 17.3 Å². The normalized spacial score (nSPS) is 24.9. The molecule has 3 aromatic carbocycles. The number of rotatable bonds is 3. The van der Waals surface area contributed by atoms with Crippen molar-refractivity contribution in [1.29, 1.82) is 0 Å². The molecule has 1 fully saturated rings. The number of Topliss-reactive ketones (excluding diaryl/α,β-unsaturated/α-hetero) is 1. The van der Waals surface area contributed by atoms with Gasteiger partial charge < -0.3 is 19.3 Å². The number of esters is 1. The third-order valence-corrected chi connectivity index (χ3v) is 6.24. The van der Waals surface area contributed by atoms with E-state index in [-0.39, 0.29) is 12.4 Å². The summed E-state index contributed by atoms with van der Waals surface area (Å²) >= 11 is 0. The Morgan fingerprint density at radius 1 is 0.967 bits per heavy atom. The van der Waals surface area contributed by atoms with Crippen molar-refractivity contribution in [2.45, 2.75) is 5.60 Å². The van der Waals surface area contributed by atoms with E-state index >= 15 is 0 Å². The van der Waals surface area contributed by atoms with Crippen LogP contribution in [0.25, 0.3) is 10.8 Å². The molecule has 0 saturated carbocycles. The second-order valence-electron chi connectivity index (χ2n) is 7.66. The Hall–Kier alpha value is -3.38. The van der Waals surface area contributed by atoms with Gasteiger partial charge in [-0.15, -0.1) is 0 Å². The lowest BCUT2D eigenvalue weighted by Crippen LogP contribution is -2.49. The van der Waals surface area contributed by atoms with Crippen molar-refractivity contribution in [3.63, 3.8) is 0 Å². The maximum atomic E-state index is 13.2. The molecule has 0 amide bonds. The van der Waals surface area contributed by atoms with E-state index in [0.29, 0.717) is 28.2 Å². The molecule has 0 spiro atoms. The fraction of sp³-hybridized carbons (Fsp3) is 0.250. The largest absolute Gasteiger partial charge is 0.493 e. The molecule has 1 aliphatic carbocycles. The van der Waals surface area contributed by atoms with Gasteiger partial charge in [0.2, 0.25) is 0 Å². The van der Waals surface area contributed by atoms with Crippen LogP contribution in [0.2, 0.25) is 0 Å². The van der Waals surface area contributed by atoms with E-state index < -0.39 is 23.4 Å². The molecular formula is C24H20O6. The Balaban J connectivity index is 1.83. The SMILES string of the molecule is COc1cc2c(cc1OC)[C@@](O)(c1ccc3ccccc3c1)[C@H]1C(=O)OC[C@H]1C2=O. The van der Waals surface area contributed by atoms with Crippen molar-refractivity contribution in [3.05, 3.63) is 71.3 Å². The van der Waals surface area contributed by atoms with Crippen LogP contribution in [-0.2, 0) is 15.1 Å². The number of fused-ring (bicyclic) bond motifs is 3.